The first-order valence-corrected chi connectivity index (χ1v) is 9.56. The van der Waals surface area contributed by atoms with E-state index in [9.17, 15) is 9.59 Å². The molecule has 0 aliphatic carbocycles. The molecular formula is C23H22N2O4. The van der Waals surface area contributed by atoms with Crippen molar-refractivity contribution < 1.29 is 18.7 Å². The van der Waals surface area contributed by atoms with Gasteiger partial charge in [0.2, 0.25) is 5.91 Å². The monoisotopic (exact) mass is 390 g/mol. The number of nitrogens with zero attached hydrogens (tertiary/aromatic N) is 1. The summed E-state index contributed by atoms with van der Waals surface area (Å²) in [5.41, 5.74) is 2.59. The molecule has 1 saturated heterocycles. The Hall–Kier alpha value is -3.54. The molecule has 0 spiro atoms. The van der Waals surface area contributed by atoms with Crippen molar-refractivity contribution in [3.05, 3.63) is 72.7 Å². The molecule has 6 heteroatoms. The first kappa shape index (κ1) is 18.8. The highest BCUT2D eigenvalue weighted by atomic mass is 16.5. The number of likely N-dealkylation sites (tertiary alicyclic amines) is 1. The lowest BCUT2D eigenvalue weighted by Gasteiger charge is -2.23. The van der Waals surface area contributed by atoms with E-state index in [2.05, 4.69) is 5.32 Å². The predicted molar refractivity (Wildman–Crippen MR) is 110 cm³/mol. The largest absolute Gasteiger partial charge is 0.497 e. The fourth-order valence-corrected chi connectivity index (χ4v) is 3.65. The first-order chi connectivity index (χ1) is 14.2. The minimum absolute atomic E-state index is 0.191. The summed E-state index contributed by atoms with van der Waals surface area (Å²) in [5, 5.41) is 3.02. The molecular weight excluding hydrogens is 368 g/mol. The van der Waals surface area contributed by atoms with Crippen molar-refractivity contribution in [2.24, 2.45) is 0 Å². The predicted octanol–water partition coefficient (Wildman–Crippen LogP) is 4.20. The summed E-state index contributed by atoms with van der Waals surface area (Å²) in [7, 11) is 1.63. The molecule has 2 aromatic carbocycles. The minimum atomic E-state index is -0.517. The minimum Gasteiger partial charge on any atom is -0.497 e. The van der Waals surface area contributed by atoms with Gasteiger partial charge in [0.25, 0.3) is 5.91 Å². The van der Waals surface area contributed by atoms with Crippen LogP contribution in [0.2, 0.25) is 0 Å². The number of para-hydroxylation sites is 1. The van der Waals surface area contributed by atoms with Crippen LogP contribution in [0, 0.1) is 0 Å². The van der Waals surface area contributed by atoms with E-state index in [0.29, 0.717) is 18.7 Å². The zero-order valence-corrected chi connectivity index (χ0v) is 16.1. The van der Waals surface area contributed by atoms with Crippen LogP contribution in [0.5, 0.6) is 5.75 Å². The van der Waals surface area contributed by atoms with Crippen molar-refractivity contribution in [2.75, 3.05) is 19.0 Å². The Labute approximate surface area is 169 Å². The third kappa shape index (κ3) is 3.87. The summed E-state index contributed by atoms with van der Waals surface area (Å²) < 4.78 is 10.4. The molecule has 1 unspecified atom stereocenters. The maximum atomic E-state index is 13.0. The van der Waals surface area contributed by atoms with Crippen molar-refractivity contribution >= 4 is 17.5 Å². The Kier molecular flexibility index (Phi) is 5.33. The highest BCUT2D eigenvalue weighted by Gasteiger charge is 2.35. The number of rotatable bonds is 5. The van der Waals surface area contributed by atoms with E-state index in [1.54, 1.807) is 24.1 Å². The number of ether oxygens (including phenoxy) is 1. The lowest BCUT2D eigenvalue weighted by Crippen LogP contribution is -2.43. The molecule has 148 valence electrons. The standard InChI is InChI=1S/C23H22N2O4/c1-28-17-12-10-16(11-13-17)18-6-2-3-7-19(18)24-22(26)20-8-4-14-25(20)23(27)21-9-5-15-29-21/h2-3,5-7,9-13,15,20H,4,8,14H2,1H3,(H,24,26). The number of methoxy groups -OCH3 is 1. The number of carbonyl (C=O) groups excluding carboxylic acids is 2. The Balaban J connectivity index is 1.54. The van der Waals surface area contributed by atoms with Gasteiger partial charge in [-0.1, -0.05) is 30.3 Å². The Bertz CT molecular complexity index is 996. The normalized spacial score (nSPS) is 15.9. The fraction of sp³-hybridized carbons (Fsp3) is 0.217. The van der Waals surface area contributed by atoms with Crippen LogP contribution >= 0.6 is 0 Å². The molecule has 4 rings (SSSR count). The van der Waals surface area contributed by atoms with Gasteiger partial charge >= 0.3 is 0 Å². The van der Waals surface area contributed by atoms with Gasteiger partial charge in [-0.25, -0.2) is 0 Å². The van der Waals surface area contributed by atoms with E-state index in [-0.39, 0.29) is 17.6 Å². The SMILES string of the molecule is COc1ccc(-c2ccccc2NC(=O)C2CCCN2C(=O)c2ccco2)cc1. The van der Waals surface area contributed by atoms with Crippen LogP contribution in [0.1, 0.15) is 23.4 Å². The molecule has 0 radical (unpaired) electrons. The van der Waals surface area contributed by atoms with Crippen LogP contribution in [0.3, 0.4) is 0 Å². The van der Waals surface area contributed by atoms with Gasteiger partial charge in [0.05, 0.1) is 13.4 Å². The molecule has 6 nitrogen and oxygen atoms in total. The van der Waals surface area contributed by atoms with Crippen molar-refractivity contribution in [3.8, 4) is 16.9 Å². The smallest absolute Gasteiger partial charge is 0.290 e. The Morgan fingerprint density at radius 1 is 1.07 bits per heavy atom. The molecule has 29 heavy (non-hydrogen) atoms. The lowest BCUT2D eigenvalue weighted by molar-refractivity contribution is -0.119. The molecule has 0 bridgehead atoms. The van der Waals surface area contributed by atoms with Crippen molar-refractivity contribution in [1.29, 1.82) is 0 Å². The summed E-state index contributed by atoms with van der Waals surface area (Å²) in [6.45, 7) is 0.539. The zero-order chi connectivity index (χ0) is 20.2. The molecule has 0 saturated carbocycles. The van der Waals surface area contributed by atoms with E-state index in [1.165, 1.54) is 6.26 Å². The number of carbonyl (C=O) groups is 2. The maximum Gasteiger partial charge on any atom is 0.290 e. The average Bonchev–Trinajstić information content (AvgIpc) is 3.46. The highest BCUT2D eigenvalue weighted by molar-refractivity contribution is 6.02. The second-order valence-corrected chi connectivity index (χ2v) is 6.90. The van der Waals surface area contributed by atoms with Crippen LogP contribution in [0.4, 0.5) is 5.69 Å². The third-order valence-electron chi connectivity index (χ3n) is 5.13. The number of nitrogens with one attached hydrogen (secondary N) is 1. The number of anilines is 1. The van der Waals surface area contributed by atoms with Gasteiger partial charge < -0.3 is 19.4 Å². The number of hydrogen-bond acceptors (Lipinski definition) is 4. The summed E-state index contributed by atoms with van der Waals surface area (Å²) in [5.74, 6) is 0.580. The topological polar surface area (TPSA) is 71.8 Å². The van der Waals surface area contributed by atoms with Gasteiger partial charge in [0, 0.05) is 17.8 Å². The third-order valence-corrected chi connectivity index (χ3v) is 5.13. The molecule has 3 aromatic rings. The Morgan fingerprint density at radius 2 is 1.86 bits per heavy atom. The van der Waals surface area contributed by atoms with E-state index in [1.807, 2.05) is 48.5 Å². The number of benzene rings is 2. The molecule has 1 aromatic heterocycles. The van der Waals surface area contributed by atoms with Gasteiger partial charge in [0.1, 0.15) is 11.8 Å². The van der Waals surface area contributed by atoms with Crippen molar-refractivity contribution in [2.45, 2.75) is 18.9 Å². The highest BCUT2D eigenvalue weighted by Crippen LogP contribution is 2.30. The lowest BCUT2D eigenvalue weighted by atomic mass is 10.0. The summed E-state index contributed by atoms with van der Waals surface area (Å²) >= 11 is 0. The fourth-order valence-electron chi connectivity index (χ4n) is 3.65. The van der Waals surface area contributed by atoms with Crippen molar-refractivity contribution in [1.82, 2.24) is 4.90 Å². The van der Waals surface area contributed by atoms with Crippen LogP contribution in [-0.4, -0.2) is 36.4 Å². The molecule has 2 heterocycles. The quantitative estimate of drug-likeness (QED) is 0.709. The van der Waals surface area contributed by atoms with Crippen LogP contribution < -0.4 is 10.1 Å². The summed E-state index contributed by atoms with van der Waals surface area (Å²) in [6.07, 6.45) is 2.87. The zero-order valence-electron chi connectivity index (χ0n) is 16.1. The van der Waals surface area contributed by atoms with E-state index in [4.69, 9.17) is 9.15 Å². The molecule has 1 fully saturated rings. The number of hydrogen-bond donors (Lipinski definition) is 1. The molecule has 1 aliphatic rings. The first-order valence-electron chi connectivity index (χ1n) is 9.56. The summed E-state index contributed by atoms with van der Waals surface area (Å²) in [6, 6.07) is 18.1. The number of amides is 2. The van der Waals surface area contributed by atoms with Gasteiger partial charge in [-0.2, -0.15) is 0 Å². The Morgan fingerprint density at radius 3 is 2.59 bits per heavy atom. The van der Waals surface area contributed by atoms with Gasteiger partial charge in [-0.3, -0.25) is 9.59 Å². The summed E-state index contributed by atoms with van der Waals surface area (Å²) in [4.78, 5) is 27.3. The van der Waals surface area contributed by atoms with E-state index < -0.39 is 6.04 Å². The molecule has 2 amide bonds. The van der Waals surface area contributed by atoms with Gasteiger partial charge in [-0.15, -0.1) is 0 Å². The van der Waals surface area contributed by atoms with Crippen LogP contribution in [-0.2, 0) is 4.79 Å². The van der Waals surface area contributed by atoms with Crippen LogP contribution in [0.15, 0.2) is 71.3 Å². The van der Waals surface area contributed by atoms with Gasteiger partial charge in [-0.05, 0) is 48.7 Å². The van der Waals surface area contributed by atoms with Crippen molar-refractivity contribution in [3.63, 3.8) is 0 Å². The molecule has 1 aliphatic heterocycles. The second-order valence-electron chi connectivity index (χ2n) is 6.90. The van der Waals surface area contributed by atoms with Crippen LogP contribution in [0.25, 0.3) is 11.1 Å². The maximum absolute atomic E-state index is 13.0. The molecule has 1 N–H and O–H groups in total. The average molecular weight is 390 g/mol. The van der Waals surface area contributed by atoms with E-state index in [0.717, 1.165) is 23.3 Å². The second kappa shape index (κ2) is 8.22. The number of furan rings is 1. The van der Waals surface area contributed by atoms with E-state index >= 15 is 0 Å². The molecule has 1 atom stereocenters. The van der Waals surface area contributed by atoms with Gasteiger partial charge in [0.15, 0.2) is 5.76 Å².